The van der Waals surface area contributed by atoms with Gasteiger partial charge < -0.3 is 10.1 Å². The Morgan fingerprint density at radius 3 is 2.70 bits per heavy atom. The lowest BCUT2D eigenvalue weighted by Crippen LogP contribution is -2.53. The average molecular weight is 283 g/mol. The van der Waals surface area contributed by atoms with Gasteiger partial charge in [0.2, 0.25) is 0 Å². The molecule has 0 aromatic heterocycles. The maximum absolute atomic E-state index is 13.3. The molecule has 0 amide bonds. The summed E-state index contributed by atoms with van der Waals surface area (Å²) in [6.07, 6.45) is 3.88. The predicted octanol–water partition coefficient (Wildman–Crippen LogP) is 3.44. The highest BCUT2D eigenvalue weighted by Crippen LogP contribution is 2.29. The molecule has 0 spiro atoms. The molecule has 2 atom stereocenters. The molecule has 20 heavy (non-hydrogen) atoms. The summed E-state index contributed by atoms with van der Waals surface area (Å²) in [6, 6.07) is 4.23. The van der Waals surface area contributed by atoms with Crippen LogP contribution in [0.2, 0.25) is 0 Å². The first-order valence-corrected chi connectivity index (χ1v) is 7.36. The molecule has 1 heterocycles. The smallest absolute Gasteiger partial charge is 0.159 e. The van der Waals surface area contributed by atoms with Crippen LogP contribution in [0.15, 0.2) is 18.2 Å². The second kappa shape index (κ2) is 6.64. The summed E-state index contributed by atoms with van der Waals surface area (Å²) in [5.74, 6) is -1.58. The van der Waals surface area contributed by atoms with Crippen LogP contribution in [0, 0.1) is 11.6 Å². The fourth-order valence-corrected chi connectivity index (χ4v) is 2.88. The number of hydrogen-bond acceptors (Lipinski definition) is 2. The molecule has 1 fully saturated rings. The molecule has 0 radical (unpaired) electrons. The third-order valence-electron chi connectivity index (χ3n) is 4.11. The third kappa shape index (κ3) is 3.55. The average Bonchev–Trinajstić information content (AvgIpc) is 2.43. The first kappa shape index (κ1) is 15.4. The van der Waals surface area contributed by atoms with E-state index in [1.54, 1.807) is 6.07 Å². The van der Waals surface area contributed by atoms with Gasteiger partial charge in [-0.05, 0) is 56.8 Å². The van der Waals surface area contributed by atoms with Gasteiger partial charge in [-0.3, -0.25) is 0 Å². The monoisotopic (exact) mass is 283 g/mol. The van der Waals surface area contributed by atoms with Gasteiger partial charge >= 0.3 is 0 Å². The largest absolute Gasteiger partial charge is 0.374 e. The summed E-state index contributed by atoms with van der Waals surface area (Å²) < 4.78 is 32.3. The van der Waals surface area contributed by atoms with E-state index in [4.69, 9.17) is 4.74 Å². The van der Waals surface area contributed by atoms with Gasteiger partial charge in [0.05, 0.1) is 5.60 Å². The standard InChI is InChI=1S/C16H23F2NO/c1-3-19-15(16(2)8-4-5-9-20-16)11-12-6-7-13(17)14(18)10-12/h6-7,10,15,19H,3-5,8-9,11H2,1-2H3. The van der Waals surface area contributed by atoms with Crippen LogP contribution in [0.4, 0.5) is 8.78 Å². The van der Waals surface area contributed by atoms with E-state index in [2.05, 4.69) is 12.2 Å². The van der Waals surface area contributed by atoms with E-state index in [1.165, 1.54) is 12.1 Å². The molecule has 0 saturated carbocycles. The molecule has 1 aliphatic heterocycles. The lowest BCUT2D eigenvalue weighted by Gasteiger charge is -2.41. The van der Waals surface area contributed by atoms with Crippen molar-refractivity contribution in [3.05, 3.63) is 35.4 Å². The zero-order valence-electron chi connectivity index (χ0n) is 12.2. The molecular formula is C16H23F2NO. The van der Waals surface area contributed by atoms with E-state index in [9.17, 15) is 8.78 Å². The molecule has 112 valence electrons. The minimum Gasteiger partial charge on any atom is -0.374 e. The fourth-order valence-electron chi connectivity index (χ4n) is 2.88. The van der Waals surface area contributed by atoms with Crippen LogP contribution in [0.3, 0.4) is 0 Å². The molecular weight excluding hydrogens is 260 g/mol. The zero-order valence-corrected chi connectivity index (χ0v) is 12.2. The summed E-state index contributed by atoms with van der Waals surface area (Å²) in [5, 5.41) is 3.43. The van der Waals surface area contributed by atoms with Crippen molar-refractivity contribution in [1.29, 1.82) is 0 Å². The van der Waals surface area contributed by atoms with Crippen molar-refractivity contribution in [3.8, 4) is 0 Å². The Hall–Kier alpha value is -1.00. The second-order valence-electron chi connectivity index (χ2n) is 5.68. The third-order valence-corrected chi connectivity index (χ3v) is 4.11. The molecule has 2 nitrogen and oxygen atoms in total. The molecule has 1 aliphatic rings. The molecule has 0 bridgehead atoms. The van der Waals surface area contributed by atoms with Crippen LogP contribution in [-0.2, 0) is 11.2 Å². The molecule has 2 unspecified atom stereocenters. The summed E-state index contributed by atoms with van der Waals surface area (Å²) in [5.41, 5.74) is 0.560. The molecule has 2 rings (SSSR count). The van der Waals surface area contributed by atoms with Crippen molar-refractivity contribution in [2.45, 2.75) is 51.2 Å². The highest BCUT2D eigenvalue weighted by atomic mass is 19.2. The van der Waals surface area contributed by atoms with Gasteiger partial charge in [0.1, 0.15) is 0 Å². The SMILES string of the molecule is CCNC(Cc1ccc(F)c(F)c1)C1(C)CCCCO1. The summed E-state index contributed by atoms with van der Waals surface area (Å²) in [7, 11) is 0. The van der Waals surface area contributed by atoms with Crippen molar-refractivity contribution >= 4 is 0 Å². The Bertz CT molecular complexity index is 444. The number of hydrogen-bond donors (Lipinski definition) is 1. The topological polar surface area (TPSA) is 21.3 Å². The van der Waals surface area contributed by atoms with Gasteiger partial charge in [-0.25, -0.2) is 8.78 Å². The number of nitrogens with one attached hydrogen (secondary N) is 1. The molecule has 1 aromatic rings. The minimum atomic E-state index is -0.797. The van der Waals surface area contributed by atoms with Gasteiger partial charge in [-0.1, -0.05) is 13.0 Å². The first-order valence-electron chi connectivity index (χ1n) is 7.36. The zero-order chi connectivity index (χ0) is 14.6. The van der Waals surface area contributed by atoms with Crippen molar-refractivity contribution in [1.82, 2.24) is 5.32 Å². The van der Waals surface area contributed by atoms with Crippen LogP contribution in [-0.4, -0.2) is 24.8 Å². The lowest BCUT2D eigenvalue weighted by atomic mass is 9.84. The van der Waals surface area contributed by atoms with Crippen molar-refractivity contribution in [2.24, 2.45) is 0 Å². The van der Waals surface area contributed by atoms with Gasteiger partial charge in [0.15, 0.2) is 11.6 Å². The molecule has 4 heteroatoms. The second-order valence-corrected chi connectivity index (χ2v) is 5.68. The Morgan fingerprint density at radius 1 is 1.30 bits per heavy atom. The summed E-state index contributed by atoms with van der Waals surface area (Å²) in [6.45, 7) is 5.76. The maximum atomic E-state index is 13.3. The molecule has 1 N–H and O–H groups in total. The Kier molecular flexibility index (Phi) is 5.11. The van der Waals surface area contributed by atoms with Crippen LogP contribution >= 0.6 is 0 Å². The van der Waals surface area contributed by atoms with E-state index < -0.39 is 11.6 Å². The highest BCUT2D eigenvalue weighted by Gasteiger charge is 2.36. The van der Waals surface area contributed by atoms with E-state index >= 15 is 0 Å². The van der Waals surface area contributed by atoms with Gasteiger partial charge in [-0.15, -0.1) is 0 Å². The Morgan fingerprint density at radius 2 is 2.10 bits per heavy atom. The van der Waals surface area contributed by atoms with Gasteiger partial charge in [0, 0.05) is 12.6 Å². The fraction of sp³-hybridized carbons (Fsp3) is 0.625. The van der Waals surface area contributed by atoms with Crippen LogP contribution in [0.25, 0.3) is 0 Å². The lowest BCUT2D eigenvalue weighted by molar-refractivity contribution is -0.0881. The van der Waals surface area contributed by atoms with E-state index in [1.807, 2.05) is 6.92 Å². The van der Waals surface area contributed by atoms with Crippen molar-refractivity contribution in [2.75, 3.05) is 13.2 Å². The molecule has 1 aromatic carbocycles. The van der Waals surface area contributed by atoms with E-state index in [0.717, 1.165) is 38.0 Å². The van der Waals surface area contributed by atoms with Gasteiger partial charge in [-0.2, -0.15) is 0 Å². The number of halogens is 2. The quantitative estimate of drug-likeness (QED) is 0.893. The number of likely N-dealkylation sites (N-methyl/N-ethyl adjacent to an activating group) is 1. The van der Waals surface area contributed by atoms with Crippen LogP contribution in [0.1, 0.15) is 38.7 Å². The molecule has 0 aliphatic carbocycles. The maximum Gasteiger partial charge on any atom is 0.159 e. The van der Waals surface area contributed by atoms with Crippen molar-refractivity contribution < 1.29 is 13.5 Å². The van der Waals surface area contributed by atoms with Crippen molar-refractivity contribution in [3.63, 3.8) is 0 Å². The normalized spacial score (nSPS) is 24.6. The van der Waals surface area contributed by atoms with E-state index in [0.29, 0.717) is 6.42 Å². The highest BCUT2D eigenvalue weighted by molar-refractivity contribution is 5.20. The van der Waals surface area contributed by atoms with Crippen LogP contribution in [0.5, 0.6) is 0 Å². The number of benzene rings is 1. The van der Waals surface area contributed by atoms with Crippen LogP contribution < -0.4 is 5.32 Å². The minimum absolute atomic E-state index is 0.109. The van der Waals surface area contributed by atoms with Gasteiger partial charge in [0.25, 0.3) is 0 Å². The predicted molar refractivity (Wildman–Crippen MR) is 75.7 cm³/mol. The Labute approximate surface area is 119 Å². The summed E-state index contributed by atoms with van der Waals surface area (Å²) >= 11 is 0. The molecule has 1 saturated heterocycles. The van der Waals surface area contributed by atoms with E-state index in [-0.39, 0.29) is 11.6 Å². The number of rotatable bonds is 5. The Balaban J connectivity index is 2.13. The first-order chi connectivity index (χ1) is 9.55. The summed E-state index contributed by atoms with van der Waals surface area (Å²) in [4.78, 5) is 0. The number of ether oxygens (including phenoxy) is 1.